The van der Waals surface area contributed by atoms with Gasteiger partial charge >= 0.3 is 0 Å². The van der Waals surface area contributed by atoms with Crippen molar-refractivity contribution in [2.75, 3.05) is 0 Å². The summed E-state index contributed by atoms with van der Waals surface area (Å²) in [4.78, 5) is 14.7. The summed E-state index contributed by atoms with van der Waals surface area (Å²) in [7, 11) is 0. The lowest BCUT2D eigenvalue weighted by molar-refractivity contribution is 1.37. The van der Waals surface area contributed by atoms with Crippen molar-refractivity contribution in [1.82, 2.24) is 15.0 Å². The number of thiophene rings is 1. The molecule has 0 saturated carbocycles. The highest BCUT2D eigenvalue weighted by atomic mass is 32.1. The maximum absolute atomic E-state index is 5.31. The molecule has 0 fully saturated rings. The fourth-order valence-corrected chi connectivity index (χ4v) is 9.97. The lowest BCUT2D eigenvalue weighted by atomic mass is 9.93. The Morgan fingerprint density at radius 2 is 1.07 bits per heavy atom. The average Bonchev–Trinajstić information content (AvgIpc) is 3.64. The Hall–Kier alpha value is -7.01. The van der Waals surface area contributed by atoms with Gasteiger partial charge in [0.05, 0.1) is 22.2 Å². The molecule has 0 N–H and O–H groups in total. The van der Waals surface area contributed by atoms with Gasteiger partial charge in [0.2, 0.25) is 0 Å². The van der Waals surface area contributed by atoms with E-state index in [2.05, 4.69) is 163 Å². The zero-order chi connectivity index (χ0) is 36.0. The molecule has 12 rings (SSSR count). The van der Waals surface area contributed by atoms with E-state index < -0.39 is 0 Å². The Bertz CT molecular complexity index is 3560. The van der Waals surface area contributed by atoms with E-state index in [-0.39, 0.29) is 0 Å². The number of hydrogen-bond acceptors (Lipinski definition) is 4. The van der Waals surface area contributed by atoms with Crippen molar-refractivity contribution in [3.05, 3.63) is 176 Å². The maximum atomic E-state index is 5.31. The van der Waals surface area contributed by atoms with Crippen molar-refractivity contribution in [2.24, 2.45) is 0 Å². The number of hydrogen-bond donors (Lipinski definition) is 0. The molecule has 0 amide bonds. The van der Waals surface area contributed by atoms with E-state index in [9.17, 15) is 0 Å². The van der Waals surface area contributed by atoms with Crippen LogP contribution in [0, 0.1) is 0 Å². The van der Waals surface area contributed by atoms with Gasteiger partial charge in [-0.1, -0.05) is 121 Å². The molecule has 4 heteroatoms. The number of pyridine rings is 3. The summed E-state index contributed by atoms with van der Waals surface area (Å²) in [6, 6.07) is 59.4. The van der Waals surface area contributed by atoms with Gasteiger partial charge in [-0.2, -0.15) is 0 Å². The highest BCUT2D eigenvalue weighted by Crippen LogP contribution is 2.44. The molecule has 12 aromatic rings. The summed E-state index contributed by atoms with van der Waals surface area (Å²) >= 11 is 1.88. The largest absolute Gasteiger partial charge is 0.254 e. The SMILES string of the molecule is c1cc(-c2ccc3c(ccc4cc(-c5ccnc6c5ccc5cccnc56)ccc43)c2)cc(-c2nc3ccccc3c3c2ccc2c4ccccc4sc23)c1. The van der Waals surface area contributed by atoms with Gasteiger partial charge in [0.15, 0.2) is 0 Å². The van der Waals surface area contributed by atoms with Crippen LogP contribution in [0.2, 0.25) is 0 Å². The number of para-hydroxylation sites is 1. The molecule has 4 aromatic heterocycles. The van der Waals surface area contributed by atoms with Crippen molar-refractivity contribution in [1.29, 1.82) is 0 Å². The first-order valence-electron chi connectivity index (χ1n) is 18.6. The van der Waals surface area contributed by atoms with Gasteiger partial charge in [-0.15, -0.1) is 11.3 Å². The minimum Gasteiger partial charge on any atom is -0.254 e. The quantitative estimate of drug-likeness (QED) is 0.171. The van der Waals surface area contributed by atoms with Gasteiger partial charge < -0.3 is 0 Å². The molecule has 0 saturated heterocycles. The lowest BCUT2D eigenvalue weighted by Crippen LogP contribution is -1.91. The first-order chi connectivity index (χ1) is 27.2. The second-order valence-electron chi connectivity index (χ2n) is 14.4. The van der Waals surface area contributed by atoms with Crippen LogP contribution in [-0.2, 0) is 0 Å². The summed E-state index contributed by atoms with van der Waals surface area (Å²) in [5.74, 6) is 0. The fraction of sp³-hybridized carbons (Fsp3) is 0. The Morgan fingerprint density at radius 1 is 0.382 bits per heavy atom. The summed E-state index contributed by atoms with van der Waals surface area (Å²) in [5, 5.41) is 13.4. The zero-order valence-electron chi connectivity index (χ0n) is 29.5. The first kappa shape index (κ1) is 30.5. The molecular formula is C51H29N3S. The predicted octanol–water partition coefficient (Wildman–Crippen LogP) is 14.2. The molecule has 0 unspecified atom stereocenters. The van der Waals surface area contributed by atoms with E-state index in [1.165, 1.54) is 74.6 Å². The van der Waals surface area contributed by atoms with Crippen LogP contribution >= 0.6 is 11.3 Å². The van der Waals surface area contributed by atoms with Gasteiger partial charge in [-0.05, 0) is 86.3 Å². The van der Waals surface area contributed by atoms with Crippen LogP contribution in [0.25, 0.3) is 119 Å². The third-order valence-electron chi connectivity index (χ3n) is 11.3. The average molecular weight is 716 g/mol. The van der Waals surface area contributed by atoms with Crippen molar-refractivity contribution < 1.29 is 0 Å². The minimum absolute atomic E-state index is 0.934. The van der Waals surface area contributed by atoms with E-state index in [0.717, 1.165) is 44.1 Å². The lowest BCUT2D eigenvalue weighted by Gasteiger charge is -2.13. The number of rotatable bonds is 3. The zero-order valence-corrected chi connectivity index (χ0v) is 30.3. The van der Waals surface area contributed by atoms with Gasteiger partial charge in [0.25, 0.3) is 0 Å². The molecule has 4 heterocycles. The predicted molar refractivity (Wildman–Crippen MR) is 234 cm³/mol. The molecule has 0 aliphatic carbocycles. The van der Waals surface area contributed by atoms with E-state index in [1.54, 1.807) is 0 Å². The van der Waals surface area contributed by atoms with Crippen LogP contribution in [0.15, 0.2) is 176 Å². The Balaban J connectivity index is 0.961. The van der Waals surface area contributed by atoms with Gasteiger partial charge in [-0.25, -0.2) is 4.98 Å². The molecule has 254 valence electrons. The Morgan fingerprint density at radius 3 is 1.98 bits per heavy atom. The van der Waals surface area contributed by atoms with Crippen molar-refractivity contribution in [3.8, 4) is 33.5 Å². The molecule has 0 radical (unpaired) electrons. The number of aromatic nitrogens is 3. The van der Waals surface area contributed by atoms with Crippen LogP contribution in [0.4, 0.5) is 0 Å². The summed E-state index contributed by atoms with van der Waals surface area (Å²) in [5.41, 5.74) is 9.72. The van der Waals surface area contributed by atoms with E-state index >= 15 is 0 Å². The molecule has 3 nitrogen and oxygen atoms in total. The fourth-order valence-electron chi connectivity index (χ4n) is 8.71. The second kappa shape index (κ2) is 11.7. The van der Waals surface area contributed by atoms with Crippen LogP contribution < -0.4 is 0 Å². The number of nitrogens with zero attached hydrogens (tertiary/aromatic N) is 3. The third kappa shape index (κ3) is 4.65. The molecular weight excluding hydrogens is 687 g/mol. The minimum atomic E-state index is 0.934. The molecule has 55 heavy (non-hydrogen) atoms. The molecule has 0 atom stereocenters. The number of fused-ring (bicyclic) bond motifs is 13. The summed E-state index contributed by atoms with van der Waals surface area (Å²) in [6.07, 6.45) is 3.74. The van der Waals surface area contributed by atoms with E-state index in [4.69, 9.17) is 9.97 Å². The molecule has 0 bridgehead atoms. The van der Waals surface area contributed by atoms with Crippen molar-refractivity contribution in [2.45, 2.75) is 0 Å². The second-order valence-corrected chi connectivity index (χ2v) is 15.4. The Kier molecular flexibility index (Phi) is 6.50. The highest BCUT2D eigenvalue weighted by molar-refractivity contribution is 7.26. The van der Waals surface area contributed by atoms with Crippen LogP contribution in [0.1, 0.15) is 0 Å². The van der Waals surface area contributed by atoms with Gasteiger partial charge in [0.1, 0.15) is 0 Å². The maximum Gasteiger partial charge on any atom is 0.0970 e. The smallest absolute Gasteiger partial charge is 0.0970 e. The van der Waals surface area contributed by atoms with E-state index in [1.807, 2.05) is 29.8 Å². The van der Waals surface area contributed by atoms with E-state index in [0.29, 0.717) is 0 Å². The third-order valence-corrected chi connectivity index (χ3v) is 12.5. The topological polar surface area (TPSA) is 38.7 Å². The summed E-state index contributed by atoms with van der Waals surface area (Å²) < 4.78 is 2.64. The standard InChI is InChI=1S/C51H29N3S/c1-3-12-45-43(11-1)47-44(23-22-42-40-10-2-4-13-46(40)55-51(42)47)48(54-45)36-8-5-7-31(28-36)32-17-19-37-33(27-32)14-15-34-29-35(18-20-38(34)37)39-24-26-53-50-41(39)21-16-30-9-6-25-52-49(30)50/h1-29H. The van der Waals surface area contributed by atoms with Gasteiger partial charge in [-0.3, -0.25) is 9.97 Å². The van der Waals surface area contributed by atoms with Crippen LogP contribution in [0.3, 0.4) is 0 Å². The molecule has 0 spiro atoms. The van der Waals surface area contributed by atoms with Crippen molar-refractivity contribution >= 4 is 96.5 Å². The normalized spacial score (nSPS) is 12.0. The molecule has 0 aliphatic heterocycles. The molecule has 8 aromatic carbocycles. The van der Waals surface area contributed by atoms with Crippen LogP contribution in [-0.4, -0.2) is 15.0 Å². The first-order valence-corrected chi connectivity index (χ1v) is 19.4. The monoisotopic (exact) mass is 715 g/mol. The summed E-state index contributed by atoms with van der Waals surface area (Å²) in [6.45, 7) is 0. The van der Waals surface area contributed by atoms with Gasteiger partial charge in [0, 0.05) is 65.1 Å². The van der Waals surface area contributed by atoms with Crippen LogP contribution in [0.5, 0.6) is 0 Å². The molecule has 0 aliphatic rings. The number of benzene rings is 8. The highest BCUT2D eigenvalue weighted by Gasteiger charge is 2.17. The Labute approximate surface area is 319 Å². The van der Waals surface area contributed by atoms with Crippen molar-refractivity contribution in [3.63, 3.8) is 0 Å².